The summed E-state index contributed by atoms with van der Waals surface area (Å²) >= 11 is 0. The number of cyclic esters (lactones) is 2. The van der Waals surface area contributed by atoms with Crippen molar-refractivity contribution >= 4 is 18.0 Å². The van der Waals surface area contributed by atoms with Crippen molar-refractivity contribution in [1.82, 2.24) is 4.90 Å². The predicted molar refractivity (Wildman–Crippen MR) is 79.7 cm³/mol. The van der Waals surface area contributed by atoms with Gasteiger partial charge in [0.15, 0.2) is 0 Å². The molecule has 1 N–H and O–H groups in total. The van der Waals surface area contributed by atoms with Gasteiger partial charge in [-0.15, -0.1) is 0 Å². The molecule has 1 saturated heterocycles. The second-order valence-corrected chi connectivity index (χ2v) is 5.86. The third-order valence-corrected chi connectivity index (χ3v) is 3.02. The number of phenolic OH excluding ortho intramolecular Hbond substituents is 1. The van der Waals surface area contributed by atoms with E-state index in [1.165, 1.54) is 26.0 Å². The maximum absolute atomic E-state index is 11.9. The van der Waals surface area contributed by atoms with Crippen molar-refractivity contribution in [2.75, 3.05) is 14.1 Å². The van der Waals surface area contributed by atoms with Crippen molar-refractivity contribution in [2.24, 2.45) is 0 Å². The van der Waals surface area contributed by atoms with Crippen LogP contribution in [0.5, 0.6) is 5.75 Å². The largest absolute Gasteiger partial charge is 0.508 e. The molecule has 1 heterocycles. The summed E-state index contributed by atoms with van der Waals surface area (Å²) in [7, 11) is 3.76. The molecule has 0 bridgehead atoms. The lowest BCUT2D eigenvalue weighted by molar-refractivity contribution is -0.222. The molecule has 1 aliphatic rings. The molecule has 0 radical (unpaired) electrons. The maximum Gasteiger partial charge on any atom is 0.348 e. The van der Waals surface area contributed by atoms with Crippen LogP contribution in [0, 0.1) is 0 Å². The fourth-order valence-corrected chi connectivity index (χ4v) is 2.11. The van der Waals surface area contributed by atoms with Crippen molar-refractivity contribution in [3.63, 3.8) is 0 Å². The number of nitrogens with zero attached hydrogens (tertiary/aromatic N) is 1. The molecule has 6 nitrogen and oxygen atoms in total. The van der Waals surface area contributed by atoms with E-state index >= 15 is 0 Å². The number of carbonyl (C=O) groups excluding carboxylic acids is 2. The highest BCUT2D eigenvalue weighted by Crippen LogP contribution is 2.26. The lowest BCUT2D eigenvalue weighted by Gasteiger charge is -2.29. The molecule has 0 amide bonds. The van der Waals surface area contributed by atoms with Crippen LogP contribution in [0.2, 0.25) is 0 Å². The van der Waals surface area contributed by atoms with E-state index < -0.39 is 17.7 Å². The van der Waals surface area contributed by atoms with Crippen LogP contribution < -0.4 is 0 Å². The molecule has 1 aromatic rings. The highest BCUT2D eigenvalue weighted by Gasteiger charge is 2.38. The van der Waals surface area contributed by atoms with Gasteiger partial charge in [-0.1, -0.05) is 6.07 Å². The molecule has 22 heavy (non-hydrogen) atoms. The number of ether oxygens (including phenoxy) is 2. The van der Waals surface area contributed by atoms with Crippen LogP contribution in [0.4, 0.5) is 0 Å². The summed E-state index contributed by atoms with van der Waals surface area (Å²) in [5.74, 6) is -2.53. The number of aromatic hydroxyl groups is 1. The number of carbonyl (C=O) groups is 2. The molecule has 1 aliphatic heterocycles. The van der Waals surface area contributed by atoms with E-state index in [1.54, 1.807) is 12.1 Å². The van der Waals surface area contributed by atoms with Gasteiger partial charge >= 0.3 is 11.9 Å². The minimum Gasteiger partial charge on any atom is -0.508 e. The molecule has 0 unspecified atom stereocenters. The zero-order valence-electron chi connectivity index (χ0n) is 13.0. The molecular weight excluding hydrogens is 286 g/mol. The zero-order valence-corrected chi connectivity index (χ0v) is 13.0. The highest BCUT2D eigenvalue weighted by molar-refractivity contribution is 6.18. The van der Waals surface area contributed by atoms with Crippen LogP contribution in [0.3, 0.4) is 0 Å². The summed E-state index contributed by atoms with van der Waals surface area (Å²) in [4.78, 5) is 25.7. The van der Waals surface area contributed by atoms with Gasteiger partial charge in [-0.25, -0.2) is 9.59 Å². The molecule has 0 spiro atoms. The molecule has 118 valence electrons. The van der Waals surface area contributed by atoms with E-state index in [1.807, 2.05) is 19.0 Å². The van der Waals surface area contributed by atoms with E-state index in [-0.39, 0.29) is 11.3 Å². The van der Waals surface area contributed by atoms with Gasteiger partial charge in [0.25, 0.3) is 5.79 Å². The van der Waals surface area contributed by atoms with Crippen LogP contribution in [0.25, 0.3) is 6.08 Å². The number of hydrogen-bond donors (Lipinski definition) is 1. The van der Waals surface area contributed by atoms with Gasteiger partial charge < -0.3 is 19.5 Å². The Morgan fingerprint density at radius 1 is 1.18 bits per heavy atom. The van der Waals surface area contributed by atoms with E-state index in [9.17, 15) is 14.7 Å². The van der Waals surface area contributed by atoms with Crippen molar-refractivity contribution in [2.45, 2.75) is 26.2 Å². The lowest BCUT2D eigenvalue weighted by atomic mass is 10.1. The summed E-state index contributed by atoms with van der Waals surface area (Å²) < 4.78 is 10.1. The minimum atomic E-state index is -1.25. The van der Waals surface area contributed by atoms with Crippen LogP contribution >= 0.6 is 0 Å². The highest BCUT2D eigenvalue weighted by atomic mass is 16.7. The molecule has 1 fully saturated rings. The van der Waals surface area contributed by atoms with Gasteiger partial charge in [-0.3, -0.25) is 0 Å². The molecule has 2 rings (SSSR count). The third kappa shape index (κ3) is 3.65. The normalized spacial score (nSPS) is 17.2. The smallest absolute Gasteiger partial charge is 0.348 e. The van der Waals surface area contributed by atoms with Gasteiger partial charge in [0.1, 0.15) is 11.3 Å². The molecule has 0 saturated carbocycles. The minimum absolute atomic E-state index is 0.158. The Labute approximate surface area is 128 Å². The van der Waals surface area contributed by atoms with E-state index in [4.69, 9.17) is 9.47 Å². The lowest BCUT2D eigenvalue weighted by Crippen LogP contribution is -2.41. The summed E-state index contributed by atoms with van der Waals surface area (Å²) in [5.41, 5.74) is 1.14. The van der Waals surface area contributed by atoms with E-state index in [0.717, 1.165) is 0 Å². The maximum atomic E-state index is 11.9. The Bertz CT molecular complexity index is 624. The van der Waals surface area contributed by atoms with Gasteiger partial charge in [0.2, 0.25) is 0 Å². The monoisotopic (exact) mass is 305 g/mol. The Morgan fingerprint density at radius 3 is 2.32 bits per heavy atom. The second-order valence-electron chi connectivity index (χ2n) is 5.86. The number of phenols is 1. The van der Waals surface area contributed by atoms with Crippen LogP contribution in [-0.2, 0) is 25.6 Å². The first-order valence-electron chi connectivity index (χ1n) is 6.83. The summed E-state index contributed by atoms with van der Waals surface area (Å²) in [6, 6.07) is 4.85. The quantitative estimate of drug-likeness (QED) is 0.520. The van der Waals surface area contributed by atoms with Crippen LogP contribution in [0.1, 0.15) is 25.0 Å². The second kappa shape index (κ2) is 5.81. The first-order valence-corrected chi connectivity index (χ1v) is 6.83. The van der Waals surface area contributed by atoms with Crippen molar-refractivity contribution in [3.05, 3.63) is 34.9 Å². The zero-order chi connectivity index (χ0) is 16.5. The SMILES string of the molecule is CN(C)Cc1cc(C=C2C(=O)OC(C)(C)OC2=O)ccc1O. The predicted octanol–water partition coefficient (Wildman–Crippen LogP) is 1.67. The van der Waals surface area contributed by atoms with Gasteiger partial charge in [0.05, 0.1) is 0 Å². The third-order valence-electron chi connectivity index (χ3n) is 3.02. The average molecular weight is 305 g/mol. The fraction of sp³-hybridized carbons (Fsp3) is 0.375. The summed E-state index contributed by atoms with van der Waals surface area (Å²) in [6.45, 7) is 3.52. The van der Waals surface area contributed by atoms with Crippen molar-refractivity contribution < 1.29 is 24.2 Å². The van der Waals surface area contributed by atoms with Gasteiger partial charge in [-0.05, 0) is 37.9 Å². The molecule has 0 atom stereocenters. The standard InChI is InChI=1S/C16H19NO5/c1-16(2)21-14(19)12(15(20)22-16)8-10-5-6-13(18)11(7-10)9-17(3)4/h5-8,18H,9H2,1-4H3. The van der Waals surface area contributed by atoms with Gasteiger partial charge in [-0.2, -0.15) is 0 Å². The van der Waals surface area contributed by atoms with E-state index in [0.29, 0.717) is 17.7 Å². The van der Waals surface area contributed by atoms with Crippen molar-refractivity contribution in [1.29, 1.82) is 0 Å². The Morgan fingerprint density at radius 2 is 1.77 bits per heavy atom. The fourth-order valence-electron chi connectivity index (χ4n) is 2.11. The molecule has 0 aromatic heterocycles. The van der Waals surface area contributed by atoms with Crippen LogP contribution in [0.15, 0.2) is 23.8 Å². The van der Waals surface area contributed by atoms with Crippen molar-refractivity contribution in [3.8, 4) is 5.75 Å². The van der Waals surface area contributed by atoms with E-state index in [2.05, 4.69) is 0 Å². The molecular formula is C16H19NO5. The molecule has 1 aromatic carbocycles. The Hall–Kier alpha value is -2.34. The molecule has 6 heteroatoms. The number of rotatable bonds is 3. The first kappa shape index (κ1) is 16.0. The number of esters is 2. The van der Waals surface area contributed by atoms with Crippen LogP contribution in [-0.4, -0.2) is 41.8 Å². The number of hydrogen-bond acceptors (Lipinski definition) is 6. The summed E-state index contributed by atoms with van der Waals surface area (Å²) in [6.07, 6.45) is 1.40. The van der Waals surface area contributed by atoms with Gasteiger partial charge in [0, 0.05) is 26.0 Å². The number of benzene rings is 1. The Balaban J connectivity index is 2.33. The molecule has 0 aliphatic carbocycles. The Kier molecular flexibility index (Phi) is 4.23. The summed E-state index contributed by atoms with van der Waals surface area (Å²) in [5, 5.41) is 9.83. The average Bonchev–Trinajstić information content (AvgIpc) is 2.36. The topological polar surface area (TPSA) is 76.1 Å². The first-order chi connectivity index (χ1) is 10.2.